The Morgan fingerprint density at radius 3 is 2.71 bits per heavy atom. The first-order valence-corrected chi connectivity index (χ1v) is 12.7. The minimum atomic E-state index is -0.735. The largest absolute Gasteiger partial charge is 0.493 e. The topological polar surface area (TPSA) is 68.2 Å². The fourth-order valence-corrected chi connectivity index (χ4v) is 4.92. The van der Waals surface area contributed by atoms with Gasteiger partial charge in [-0.25, -0.2) is 0 Å². The molecule has 0 bridgehead atoms. The molecule has 1 atom stereocenters. The highest BCUT2D eigenvalue weighted by Crippen LogP contribution is 2.37. The van der Waals surface area contributed by atoms with E-state index in [4.69, 9.17) is 16.3 Å². The predicted octanol–water partition coefficient (Wildman–Crippen LogP) is 5.94. The summed E-state index contributed by atoms with van der Waals surface area (Å²) in [6, 6.07) is 13.6. The smallest absolute Gasteiger partial charge is 0.234 e. The van der Waals surface area contributed by atoms with Crippen molar-refractivity contribution in [1.29, 1.82) is 0 Å². The number of carbonyl (C=O) groups is 1. The molecule has 4 rings (SSSR count). The molecule has 0 radical (unpaired) electrons. The molecule has 1 aliphatic heterocycles. The summed E-state index contributed by atoms with van der Waals surface area (Å²) in [5.41, 5.74) is 2.61. The number of ether oxygens (including phenoxy) is 1. The lowest BCUT2D eigenvalue weighted by molar-refractivity contribution is -0.120. The summed E-state index contributed by atoms with van der Waals surface area (Å²) in [5, 5.41) is 11.6. The summed E-state index contributed by atoms with van der Waals surface area (Å²) in [6.07, 6.45) is 5.13. The molecular weight excluding hydrogens is 516 g/mol. The van der Waals surface area contributed by atoms with Crippen molar-refractivity contribution in [2.75, 3.05) is 18.5 Å². The number of halogens is 2. The zero-order valence-electron chi connectivity index (χ0n) is 19.7. The molecule has 1 saturated heterocycles. The van der Waals surface area contributed by atoms with Gasteiger partial charge in [0.1, 0.15) is 5.75 Å². The molecule has 0 aliphatic carbocycles. The van der Waals surface area contributed by atoms with E-state index in [-0.39, 0.29) is 5.91 Å². The van der Waals surface area contributed by atoms with Crippen molar-refractivity contribution in [2.24, 2.45) is 7.05 Å². The van der Waals surface area contributed by atoms with E-state index in [2.05, 4.69) is 31.7 Å². The molecule has 0 spiro atoms. The highest BCUT2D eigenvalue weighted by molar-refractivity contribution is 9.10. The van der Waals surface area contributed by atoms with Crippen LogP contribution in [0.25, 0.3) is 11.3 Å². The average Bonchev–Trinajstić information content (AvgIpc) is 3.44. The number of nitrogens with zero attached hydrogens (tertiary/aromatic N) is 2. The summed E-state index contributed by atoms with van der Waals surface area (Å²) >= 11 is 9.63. The fraction of sp³-hybridized carbons (Fsp3) is 0.385. The number of nitrogens with one attached hydrogen (secondary N) is 2. The van der Waals surface area contributed by atoms with Crippen LogP contribution >= 0.6 is 27.5 Å². The second-order valence-electron chi connectivity index (χ2n) is 9.19. The quantitative estimate of drug-likeness (QED) is 0.368. The van der Waals surface area contributed by atoms with Gasteiger partial charge < -0.3 is 15.4 Å². The SMILES string of the molecule is Cn1ncc(Br)c1-c1cc(NC(=O)C(C)(C)c2ccc(Cl)cc2)ccc1OCCC1CCCN1. The van der Waals surface area contributed by atoms with Crippen molar-refractivity contribution < 1.29 is 9.53 Å². The van der Waals surface area contributed by atoms with Gasteiger partial charge in [0.05, 0.1) is 28.4 Å². The lowest BCUT2D eigenvalue weighted by atomic mass is 9.83. The number of carbonyl (C=O) groups excluding carboxylic acids is 1. The van der Waals surface area contributed by atoms with E-state index in [1.54, 1.807) is 23.0 Å². The van der Waals surface area contributed by atoms with Crippen molar-refractivity contribution >= 4 is 39.1 Å². The van der Waals surface area contributed by atoms with Gasteiger partial charge in [-0.05, 0) is 91.5 Å². The Morgan fingerprint density at radius 1 is 1.29 bits per heavy atom. The molecule has 8 heteroatoms. The molecule has 6 nitrogen and oxygen atoms in total. The maximum atomic E-state index is 13.2. The molecule has 1 amide bonds. The Labute approximate surface area is 214 Å². The molecule has 1 aliphatic rings. The van der Waals surface area contributed by atoms with Gasteiger partial charge in [0.2, 0.25) is 5.91 Å². The fourth-order valence-electron chi connectivity index (χ4n) is 4.23. The molecule has 1 fully saturated rings. The van der Waals surface area contributed by atoms with Gasteiger partial charge in [0.25, 0.3) is 0 Å². The van der Waals surface area contributed by atoms with Crippen LogP contribution in [0.15, 0.2) is 53.1 Å². The summed E-state index contributed by atoms with van der Waals surface area (Å²) < 4.78 is 8.88. The number of hydrogen-bond acceptors (Lipinski definition) is 4. The Morgan fingerprint density at radius 2 is 2.06 bits per heavy atom. The number of anilines is 1. The zero-order valence-corrected chi connectivity index (χ0v) is 22.0. The Hall–Kier alpha value is -2.35. The van der Waals surface area contributed by atoms with Gasteiger partial charge in [0, 0.05) is 29.4 Å². The van der Waals surface area contributed by atoms with E-state index >= 15 is 0 Å². The summed E-state index contributed by atoms with van der Waals surface area (Å²) in [6.45, 7) is 5.51. The van der Waals surface area contributed by atoms with Crippen LogP contribution in [-0.4, -0.2) is 34.9 Å². The summed E-state index contributed by atoms with van der Waals surface area (Å²) in [4.78, 5) is 13.2. The molecule has 2 heterocycles. The normalized spacial score (nSPS) is 16.0. The standard InChI is InChI=1S/C26H30BrClN4O2/c1-26(2,17-6-8-18(28)9-7-17)25(33)31-20-10-11-23(34-14-12-19-5-4-13-29-19)21(15-20)24-22(27)16-30-32(24)3/h6-11,15-16,19,29H,4-5,12-14H2,1-3H3,(H,31,33). The lowest BCUT2D eigenvalue weighted by Gasteiger charge is -2.24. The van der Waals surface area contributed by atoms with Crippen LogP contribution < -0.4 is 15.4 Å². The van der Waals surface area contributed by atoms with E-state index < -0.39 is 5.41 Å². The van der Waals surface area contributed by atoms with Crippen molar-refractivity contribution in [1.82, 2.24) is 15.1 Å². The van der Waals surface area contributed by atoms with Gasteiger partial charge in [-0.3, -0.25) is 9.48 Å². The van der Waals surface area contributed by atoms with Crippen LogP contribution in [0, 0.1) is 0 Å². The van der Waals surface area contributed by atoms with Gasteiger partial charge in [-0.2, -0.15) is 5.10 Å². The number of aromatic nitrogens is 2. The van der Waals surface area contributed by atoms with Gasteiger partial charge in [-0.15, -0.1) is 0 Å². The van der Waals surface area contributed by atoms with Gasteiger partial charge >= 0.3 is 0 Å². The average molecular weight is 546 g/mol. The minimum absolute atomic E-state index is 0.106. The maximum absolute atomic E-state index is 13.2. The zero-order chi connectivity index (χ0) is 24.3. The number of hydrogen-bond donors (Lipinski definition) is 2. The summed E-state index contributed by atoms with van der Waals surface area (Å²) in [7, 11) is 1.89. The van der Waals surface area contributed by atoms with Gasteiger partial charge in [-0.1, -0.05) is 23.7 Å². The van der Waals surface area contributed by atoms with Crippen molar-refractivity contribution in [2.45, 2.75) is 44.6 Å². The van der Waals surface area contributed by atoms with Crippen LogP contribution in [0.2, 0.25) is 5.02 Å². The number of rotatable bonds is 8. The van der Waals surface area contributed by atoms with E-state index in [9.17, 15) is 4.79 Å². The molecular formula is C26H30BrClN4O2. The second kappa shape index (κ2) is 10.5. The van der Waals surface area contributed by atoms with Crippen LogP contribution in [-0.2, 0) is 17.3 Å². The highest BCUT2D eigenvalue weighted by Gasteiger charge is 2.30. The van der Waals surface area contributed by atoms with E-state index in [0.29, 0.717) is 23.4 Å². The van der Waals surface area contributed by atoms with Crippen LogP contribution in [0.3, 0.4) is 0 Å². The first-order valence-electron chi connectivity index (χ1n) is 11.5. The maximum Gasteiger partial charge on any atom is 0.234 e. The molecule has 180 valence electrons. The monoisotopic (exact) mass is 544 g/mol. The molecule has 1 aromatic heterocycles. The Bertz CT molecular complexity index is 1130. The third-order valence-corrected chi connectivity index (χ3v) is 7.24. The molecule has 3 aromatic rings. The third kappa shape index (κ3) is 5.48. The molecule has 2 N–H and O–H groups in total. The Kier molecular flexibility index (Phi) is 7.65. The van der Waals surface area contributed by atoms with Crippen molar-refractivity contribution in [3.05, 3.63) is 63.7 Å². The number of benzene rings is 2. The second-order valence-corrected chi connectivity index (χ2v) is 10.5. The van der Waals surface area contributed by atoms with E-state index in [1.807, 2.05) is 51.2 Å². The van der Waals surface area contributed by atoms with E-state index in [0.717, 1.165) is 40.0 Å². The minimum Gasteiger partial charge on any atom is -0.493 e. The lowest BCUT2D eigenvalue weighted by Crippen LogP contribution is -2.34. The van der Waals surface area contributed by atoms with Gasteiger partial charge in [0.15, 0.2) is 0 Å². The molecule has 1 unspecified atom stereocenters. The van der Waals surface area contributed by atoms with Crippen molar-refractivity contribution in [3.63, 3.8) is 0 Å². The van der Waals surface area contributed by atoms with E-state index in [1.165, 1.54) is 12.8 Å². The molecule has 34 heavy (non-hydrogen) atoms. The molecule has 2 aromatic carbocycles. The van der Waals surface area contributed by atoms with Crippen LogP contribution in [0.5, 0.6) is 5.75 Å². The predicted molar refractivity (Wildman–Crippen MR) is 141 cm³/mol. The van der Waals surface area contributed by atoms with Crippen LogP contribution in [0.4, 0.5) is 5.69 Å². The third-order valence-electron chi connectivity index (χ3n) is 6.41. The molecule has 0 saturated carbocycles. The first kappa shape index (κ1) is 24.8. The Balaban J connectivity index is 1.57. The van der Waals surface area contributed by atoms with Crippen LogP contribution in [0.1, 0.15) is 38.7 Å². The highest BCUT2D eigenvalue weighted by atomic mass is 79.9. The number of amides is 1. The van der Waals surface area contributed by atoms with Crippen molar-refractivity contribution in [3.8, 4) is 17.0 Å². The summed E-state index contributed by atoms with van der Waals surface area (Å²) in [5.74, 6) is 0.656. The first-order chi connectivity index (χ1) is 16.3. The number of aryl methyl sites for hydroxylation is 1.